The molecule has 0 heterocycles. The van der Waals surface area contributed by atoms with Crippen LogP contribution in [0.15, 0.2) is 76.8 Å². The molecule has 0 radical (unpaired) electrons. The van der Waals surface area contributed by atoms with Crippen molar-refractivity contribution in [1.29, 1.82) is 0 Å². The lowest BCUT2D eigenvalue weighted by Crippen LogP contribution is -2.27. The molecule has 0 spiro atoms. The summed E-state index contributed by atoms with van der Waals surface area (Å²) in [5, 5.41) is 2.70. The number of carbonyl (C=O) groups excluding carboxylic acids is 4. The minimum absolute atomic E-state index is 0. The maximum absolute atomic E-state index is 11.6. The Hall–Kier alpha value is -5.12. The highest BCUT2D eigenvalue weighted by atomic mass is 35.5. The van der Waals surface area contributed by atoms with E-state index in [9.17, 15) is 19.2 Å². The molecule has 8 aliphatic rings. The Morgan fingerprint density at radius 3 is 1.38 bits per heavy atom. The fraction of sp³-hybridized carbons (Fsp3) is 0.400. The van der Waals surface area contributed by atoms with Gasteiger partial charge in [0.05, 0.1) is 26.4 Å². The van der Waals surface area contributed by atoms with E-state index in [1.807, 2.05) is 38.1 Å². The highest BCUT2D eigenvalue weighted by molar-refractivity contribution is 6.32. The van der Waals surface area contributed by atoms with E-state index in [2.05, 4.69) is 19.1 Å². The molecule has 8 nitrogen and oxygen atoms in total. The molecule has 0 aromatic heterocycles. The number of hydrogen-bond donors (Lipinski definition) is 4. The van der Waals surface area contributed by atoms with Gasteiger partial charge >= 0.3 is 0 Å². The summed E-state index contributed by atoms with van der Waals surface area (Å²) < 4.78 is 16.3. The molecular weight excluding hydrogens is 982 g/mol. The van der Waals surface area contributed by atoms with Gasteiger partial charge in [-0.05, 0) is 266 Å². The zero-order chi connectivity index (χ0) is 52.3. The van der Waals surface area contributed by atoms with Gasteiger partial charge in [0.15, 0.2) is 0 Å². The normalized spacial score (nSPS) is 22.0. The monoisotopic (exact) mass is 1050 g/mol. The average Bonchev–Trinajstić information content (AvgIpc) is 4.13. The van der Waals surface area contributed by atoms with Gasteiger partial charge < -0.3 is 22.9 Å². The summed E-state index contributed by atoms with van der Waals surface area (Å²) in [7, 11) is 0. The first-order valence-electron chi connectivity index (χ1n) is 26.0. The predicted octanol–water partition coefficient (Wildman–Crippen LogP) is 13.3. The number of allylic oxidation sites excluding steroid dienone is 4. The van der Waals surface area contributed by atoms with Crippen molar-refractivity contribution in [2.75, 3.05) is 0 Å². The van der Waals surface area contributed by atoms with Crippen molar-refractivity contribution in [2.45, 2.75) is 131 Å². The smallest absolute Gasteiger partial charge is 0.224 e. The Labute approximate surface area is 447 Å². The Bertz CT molecular complexity index is 3190. The largest absolute Gasteiger partial charge is 0.369 e. The first-order chi connectivity index (χ1) is 34.7. The molecule has 12 heteroatoms. The quantitative estimate of drug-likeness (QED) is 0.159. The third kappa shape index (κ3) is 10.4. The van der Waals surface area contributed by atoms with Gasteiger partial charge in [0.25, 0.3) is 0 Å². The number of primary amides is 4. The Morgan fingerprint density at radius 1 is 0.458 bits per heavy atom. The minimum Gasteiger partial charge on any atom is -0.369 e. The van der Waals surface area contributed by atoms with Crippen LogP contribution < -0.4 is 22.9 Å². The van der Waals surface area contributed by atoms with Crippen LogP contribution in [0.2, 0.25) is 20.1 Å². The predicted molar refractivity (Wildman–Crippen MR) is 295 cm³/mol. The number of fused-ring (bicyclic) bond motifs is 8. The molecule has 72 heavy (non-hydrogen) atoms. The summed E-state index contributed by atoms with van der Waals surface area (Å²) in [6.07, 6.45) is 14.7. The van der Waals surface area contributed by atoms with E-state index in [0.717, 1.165) is 156 Å². The van der Waals surface area contributed by atoms with Gasteiger partial charge in [-0.1, -0.05) is 72.0 Å². The van der Waals surface area contributed by atoms with Crippen LogP contribution in [-0.2, 0) is 44.9 Å². The van der Waals surface area contributed by atoms with Crippen LogP contribution in [0.25, 0.3) is 22.3 Å². The molecule has 8 N–H and O–H groups in total. The van der Waals surface area contributed by atoms with E-state index in [1.165, 1.54) is 55.7 Å². The van der Waals surface area contributed by atoms with Crippen LogP contribution >= 0.6 is 46.4 Å². The van der Waals surface area contributed by atoms with Gasteiger partial charge in [-0.15, -0.1) is 0 Å². The van der Waals surface area contributed by atoms with Crippen molar-refractivity contribution in [3.63, 3.8) is 0 Å². The maximum Gasteiger partial charge on any atom is 0.224 e. The van der Waals surface area contributed by atoms with Crippen LogP contribution in [0.4, 0.5) is 0 Å². The average molecular weight is 1050 g/mol. The van der Waals surface area contributed by atoms with Crippen LogP contribution in [0, 0.1) is 44.4 Å². The lowest BCUT2D eigenvalue weighted by atomic mass is 9.82. The fourth-order valence-corrected chi connectivity index (χ4v) is 13.5. The van der Waals surface area contributed by atoms with Crippen LogP contribution in [0.5, 0.6) is 0 Å². The number of rotatable bonds is 4. The first kappa shape index (κ1) is 50.4. The second kappa shape index (κ2) is 21.8. The zero-order valence-corrected chi connectivity index (χ0v) is 43.6. The number of amides is 4. The van der Waals surface area contributed by atoms with E-state index in [1.54, 1.807) is 6.07 Å². The molecule has 4 aromatic rings. The van der Waals surface area contributed by atoms with Crippen molar-refractivity contribution < 1.29 is 21.9 Å². The number of aryl methyl sites for hydroxylation is 2. The molecule has 0 fully saturated rings. The summed E-state index contributed by atoms with van der Waals surface area (Å²) in [6, 6.07) is 14.8. The van der Waals surface area contributed by atoms with Crippen LogP contribution in [0.3, 0.4) is 0 Å². The Balaban J connectivity index is 0.000000131. The molecule has 0 saturated heterocycles. The van der Waals surface area contributed by atoms with Crippen molar-refractivity contribution in [3.8, 4) is 0 Å². The number of benzene rings is 4. The maximum atomic E-state index is 11.6. The third-order valence-electron chi connectivity index (χ3n) is 16.2. The summed E-state index contributed by atoms with van der Waals surface area (Å²) in [5.41, 5.74) is 44.2. The van der Waals surface area contributed by atoms with Crippen LogP contribution in [0.1, 0.15) is 148 Å². The Kier molecular flexibility index (Phi) is 15.2. The van der Waals surface area contributed by atoms with E-state index < -0.39 is 0 Å². The molecule has 12 rings (SSSR count). The van der Waals surface area contributed by atoms with E-state index in [0.29, 0.717) is 28.6 Å². The SMILES string of the molecule is C.Cc1cc(Cl)cc2c1CC1=C2CCCC1C(N)=O.Cc1cc2c(cc1Cl)C1=C(C2)C(C(N)=O)CCC1.[2H]c1c(C)c(Cl)cc2c1CC1=C2CCCC1C(N)=O.[2H]c1c(Cl)ccc2c1C1=C(C2)C(C(N)=O)CCC1. The topological polar surface area (TPSA) is 172 Å². The summed E-state index contributed by atoms with van der Waals surface area (Å²) in [4.78, 5) is 46.2. The Morgan fingerprint density at radius 2 is 0.875 bits per heavy atom. The first-order valence-corrected chi connectivity index (χ1v) is 26.5. The highest BCUT2D eigenvalue weighted by Crippen LogP contribution is 2.49. The molecule has 4 amide bonds. The van der Waals surface area contributed by atoms with Gasteiger partial charge in [0, 0.05) is 20.1 Å². The lowest BCUT2D eigenvalue weighted by molar-refractivity contribution is -0.121. The summed E-state index contributed by atoms with van der Waals surface area (Å²) >= 11 is 24.6. The molecular formula is C60H66Cl4N4O4. The fourth-order valence-electron chi connectivity index (χ4n) is 12.7. The van der Waals surface area contributed by atoms with E-state index in [-0.39, 0.29) is 54.7 Å². The molecule has 8 aliphatic carbocycles. The molecule has 0 saturated carbocycles. The summed E-state index contributed by atoms with van der Waals surface area (Å²) in [6.45, 7) is 5.97. The lowest BCUT2D eigenvalue weighted by Gasteiger charge is -2.22. The molecule has 4 atom stereocenters. The third-order valence-corrected chi connectivity index (χ3v) is 17.4. The van der Waals surface area contributed by atoms with Gasteiger partial charge in [0.2, 0.25) is 23.6 Å². The number of nitrogens with two attached hydrogens (primary N) is 4. The zero-order valence-electron chi connectivity index (χ0n) is 42.6. The van der Waals surface area contributed by atoms with E-state index >= 15 is 0 Å². The van der Waals surface area contributed by atoms with Crippen LogP contribution in [-0.4, -0.2) is 23.6 Å². The molecule has 4 aromatic carbocycles. The number of carbonyl (C=O) groups is 4. The van der Waals surface area contributed by atoms with Crippen molar-refractivity contribution in [2.24, 2.45) is 46.6 Å². The number of halogens is 4. The summed E-state index contributed by atoms with van der Waals surface area (Å²) in [5.74, 6) is -1.30. The number of hydrogen-bond acceptors (Lipinski definition) is 4. The van der Waals surface area contributed by atoms with Gasteiger partial charge in [-0.25, -0.2) is 0 Å². The molecule has 378 valence electrons. The minimum atomic E-state index is -0.243. The highest BCUT2D eigenvalue weighted by Gasteiger charge is 2.37. The standard InChI is InChI=1S/3C15H16ClNO.C14H14ClNO.CH4/c2*1-8-5-9-6-13-10(12(9)7-14(8)16)3-2-4-11(13)15(17)18;1-8-5-9(16)6-13-10-3-2-4-11(15(17)18)14(10)7-12(8)13;15-9-5-4-8-6-13-10(12(8)7-9)2-1-3-11(13)14(16)17;/h2*5,7,11H,2-4,6H2,1H3,(H2,17,18);5-6,11H,2-4,7H2,1H3,(H2,17,18);4-5,7,11H,1-3,6H2,(H2,16,17);1H4/i5D;;;7D;. The molecule has 0 bridgehead atoms. The van der Waals surface area contributed by atoms with Gasteiger partial charge in [0.1, 0.15) is 0 Å². The van der Waals surface area contributed by atoms with Crippen molar-refractivity contribution in [1.82, 2.24) is 0 Å². The second-order valence-electron chi connectivity index (χ2n) is 20.5. The van der Waals surface area contributed by atoms with Gasteiger partial charge in [-0.2, -0.15) is 0 Å². The van der Waals surface area contributed by atoms with E-state index in [4.69, 9.17) is 72.1 Å². The molecule has 4 unspecified atom stereocenters. The second-order valence-corrected chi connectivity index (χ2v) is 22.1. The van der Waals surface area contributed by atoms with Gasteiger partial charge in [-0.3, -0.25) is 19.2 Å². The van der Waals surface area contributed by atoms with Crippen molar-refractivity contribution >= 4 is 92.3 Å². The molecule has 0 aliphatic heterocycles. The van der Waals surface area contributed by atoms with Crippen molar-refractivity contribution in [3.05, 3.63) is 158 Å².